The Morgan fingerprint density at radius 2 is 2.12 bits per heavy atom. The van der Waals surface area contributed by atoms with Gasteiger partial charge in [0.15, 0.2) is 12.6 Å². The third-order valence-electron chi connectivity index (χ3n) is 5.15. The average molecular weight is 513 g/mol. The average Bonchev–Trinajstić information content (AvgIpc) is 3.39. The summed E-state index contributed by atoms with van der Waals surface area (Å²) in [5, 5.41) is 1.91. The molecule has 3 heterocycles. The molecular formula is C24H17BrO6S. The highest BCUT2D eigenvalue weighted by Gasteiger charge is 2.31. The van der Waals surface area contributed by atoms with E-state index in [1.165, 1.54) is 11.3 Å². The minimum Gasteiger partial charge on any atom is -0.467 e. The van der Waals surface area contributed by atoms with E-state index in [1.807, 2.05) is 29.6 Å². The van der Waals surface area contributed by atoms with Crippen molar-refractivity contribution < 1.29 is 28.5 Å². The van der Waals surface area contributed by atoms with E-state index in [0.29, 0.717) is 40.5 Å². The zero-order chi connectivity index (χ0) is 22.2. The van der Waals surface area contributed by atoms with Crippen LogP contribution in [0.2, 0.25) is 0 Å². The number of halogens is 1. The Kier molecular flexibility index (Phi) is 5.58. The first-order chi connectivity index (χ1) is 15.5. The molecule has 0 atom stereocenters. The lowest BCUT2D eigenvalue weighted by Gasteiger charge is -2.20. The minimum absolute atomic E-state index is 0.152. The van der Waals surface area contributed by atoms with Crippen LogP contribution < -0.4 is 14.2 Å². The van der Waals surface area contributed by atoms with Crippen molar-refractivity contribution in [3.05, 3.63) is 79.1 Å². The SMILES string of the molecule is Cc1c(OC(=O)Cc2cccs2)ccc2c1O/C(=C\c1cc(Br)cc3c1OCOC3)C2=O. The van der Waals surface area contributed by atoms with Gasteiger partial charge in [-0.15, -0.1) is 11.3 Å². The van der Waals surface area contributed by atoms with E-state index >= 15 is 0 Å². The number of allylic oxidation sites excluding steroid dienone is 1. The number of carbonyl (C=O) groups excluding carboxylic acids is 2. The van der Waals surface area contributed by atoms with Crippen molar-refractivity contribution in [1.29, 1.82) is 0 Å². The lowest BCUT2D eigenvalue weighted by atomic mass is 10.0. The molecule has 0 radical (unpaired) electrons. The molecule has 0 aliphatic carbocycles. The summed E-state index contributed by atoms with van der Waals surface area (Å²) in [4.78, 5) is 26.2. The molecule has 32 heavy (non-hydrogen) atoms. The number of Topliss-reactive ketones (excluding diaryl/α,β-unsaturated/α-hetero) is 1. The smallest absolute Gasteiger partial charge is 0.316 e. The standard InChI is InChI=1S/C24H17BrO6S/c1-13-19(30-21(26)10-17-3-2-6-32-17)5-4-18-22(27)20(31-23(13)18)9-14-7-16(25)8-15-11-28-12-29-24(14)15/h2-9H,10-12H2,1H3/b20-9-. The number of benzene rings is 2. The monoisotopic (exact) mass is 512 g/mol. The Balaban J connectivity index is 1.42. The number of esters is 1. The molecule has 0 saturated carbocycles. The summed E-state index contributed by atoms with van der Waals surface area (Å²) in [6, 6.07) is 10.8. The highest BCUT2D eigenvalue weighted by atomic mass is 79.9. The molecule has 0 N–H and O–H groups in total. The molecule has 0 saturated heterocycles. The van der Waals surface area contributed by atoms with Crippen molar-refractivity contribution in [2.45, 2.75) is 20.0 Å². The molecule has 0 amide bonds. The second kappa shape index (κ2) is 8.54. The zero-order valence-electron chi connectivity index (χ0n) is 17.0. The summed E-state index contributed by atoms with van der Waals surface area (Å²) in [6.45, 7) is 2.35. The van der Waals surface area contributed by atoms with Gasteiger partial charge in [-0.2, -0.15) is 0 Å². The number of carbonyl (C=O) groups is 2. The molecule has 2 aromatic carbocycles. The summed E-state index contributed by atoms with van der Waals surface area (Å²) < 4.78 is 23.3. The fraction of sp³-hybridized carbons (Fsp3) is 0.167. The van der Waals surface area contributed by atoms with Gasteiger partial charge < -0.3 is 18.9 Å². The van der Waals surface area contributed by atoms with E-state index in [0.717, 1.165) is 14.9 Å². The van der Waals surface area contributed by atoms with Crippen LogP contribution in [0.3, 0.4) is 0 Å². The van der Waals surface area contributed by atoms with Crippen LogP contribution in [0.1, 0.15) is 31.9 Å². The molecule has 0 fully saturated rings. The van der Waals surface area contributed by atoms with E-state index in [-0.39, 0.29) is 30.7 Å². The minimum atomic E-state index is -0.365. The van der Waals surface area contributed by atoms with E-state index in [4.69, 9.17) is 18.9 Å². The number of hydrogen-bond acceptors (Lipinski definition) is 7. The second-order valence-electron chi connectivity index (χ2n) is 7.33. The lowest BCUT2D eigenvalue weighted by molar-refractivity contribution is -0.133. The van der Waals surface area contributed by atoms with Crippen molar-refractivity contribution in [2.75, 3.05) is 6.79 Å². The Morgan fingerprint density at radius 1 is 1.25 bits per heavy atom. The number of ketones is 1. The molecular weight excluding hydrogens is 496 g/mol. The molecule has 0 spiro atoms. The third-order valence-corrected chi connectivity index (χ3v) is 6.48. The Labute approximate surface area is 196 Å². The summed E-state index contributed by atoms with van der Waals surface area (Å²) in [5.41, 5.74) is 2.63. The number of hydrogen-bond donors (Lipinski definition) is 0. The number of ether oxygens (including phenoxy) is 4. The van der Waals surface area contributed by atoms with E-state index in [2.05, 4.69) is 15.9 Å². The van der Waals surface area contributed by atoms with Crippen LogP contribution in [0.5, 0.6) is 17.2 Å². The van der Waals surface area contributed by atoms with Gasteiger partial charge >= 0.3 is 5.97 Å². The summed E-state index contributed by atoms with van der Waals surface area (Å²) in [5.74, 6) is 1.02. The maximum atomic E-state index is 13.0. The molecule has 5 rings (SSSR count). The summed E-state index contributed by atoms with van der Waals surface area (Å²) in [7, 11) is 0. The first-order valence-corrected chi connectivity index (χ1v) is 11.5. The van der Waals surface area contributed by atoms with Gasteiger partial charge in [0.2, 0.25) is 5.78 Å². The van der Waals surface area contributed by atoms with Gasteiger partial charge in [-0.05, 0) is 48.7 Å². The molecule has 162 valence electrons. The second-order valence-corrected chi connectivity index (χ2v) is 9.28. The molecule has 3 aromatic rings. The molecule has 0 bridgehead atoms. The van der Waals surface area contributed by atoms with E-state index < -0.39 is 0 Å². The van der Waals surface area contributed by atoms with Crippen LogP contribution in [-0.4, -0.2) is 18.5 Å². The fourth-order valence-corrected chi connectivity index (χ4v) is 4.86. The van der Waals surface area contributed by atoms with Crippen LogP contribution >= 0.6 is 27.3 Å². The van der Waals surface area contributed by atoms with E-state index in [1.54, 1.807) is 25.1 Å². The Bertz CT molecular complexity index is 1260. The number of rotatable bonds is 4. The zero-order valence-corrected chi connectivity index (χ0v) is 19.4. The maximum Gasteiger partial charge on any atom is 0.316 e. The van der Waals surface area contributed by atoms with Crippen LogP contribution in [0.4, 0.5) is 0 Å². The van der Waals surface area contributed by atoms with Gasteiger partial charge in [0.05, 0.1) is 18.6 Å². The van der Waals surface area contributed by atoms with Gasteiger partial charge in [0, 0.05) is 26.0 Å². The highest BCUT2D eigenvalue weighted by Crippen LogP contribution is 2.41. The normalized spacial score (nSPS) is 15.7. The largest absolute Gasteiger partial charge is 0.467 e. The number of thiophene rings is 1. The maximum absolute atomic E-state index is 13.0. The Hall–Kier alpha value is -2.94. The lowest BCUT2D eigenvalue weighted by Crippen LogP contribution is -2.12. The van der Waals surface area contributed by atoms with E-state index in [9.17, 15) is 9.59 Å². The predicted octanol–water partition coefficient (Wildman–Crippen LogP) is 5.45. The fourth-order valence-electron chi connectivity index (χ4n) is 3.65. The number of fused-ring (bicyclic) bond motifs is 2. The van der Waals surface area contributed by atoms with Crippen molar-refractivity contribution in [1.82, 2.24) is 0 Å². The van der Waals surface area contributed by atoms with Crippen LogP contribution in [-0.2, 0) is 22.6 Å². The molecule has 2 aliphatic heterocycles. The van der Waals surface area contributed by atoms with Crippen molar-refractivity contribution >= 4 is 45.1 Å². The summed E-state index contributed by atoms with van der Waals surface area (Å²) in [6.07, 6.45) is 1.86. The molecule has 0 unspecified atom stereocenters. The molecule has 2 aliphatic rings. The molecule has 8 heteroatoms. The van der Waals surface area contributed by atoms with Crippen LogP contribution in [0.25, 0.3) is 6.08 Å². The quantitative estimate of drug-likeness (QED) is 0.263. The van der Waals surface area contributed by atoms with Gasteiger partial charge in [0.25, 0.3) is 0 Å². The van der Waals surface area contributed by atoms with Gasteiger partial charge in [-0.25, -0.2) is 0 Å². The summed E-state index contributed by atoms with van der Waals surface area (Å²) >= 11 is 4.98. The first-order valence-electron chi connectivity index (χ1n) is 9.83. The molecule has 1 aromatic heterocycles. The van der Waals surface area contributed by atoms with Crippen molar-refractivity contribution in [3.63, 3.8) is 0 Å². The van der Waals surface area contributed by atoms with Gasteiger partial charge in [0.1, 0.15) is 17.2 Å². The van der Waals surface area contributed by atoms with Crippen molar-refractivity contribution in [2.24, 2.45) is 0 Å². The first kappa shape index (κ1) is 20.9. The topological polar surface area (TPSA) is 71.1 Å². The highest BCUT2D eigenvalue weighted by molar-refractivity contribution is 9.10. The molecule has 6 nitrogen and oxygen atoms in total. The van der Waals surface area contributed by atoms with Crippen LogP contribution in [0, 0.1) is 6.92 Å². The third kappa shape index (κ3) is 3.97. The van der Waals surface area contributed by atoms with Crippen molar-refractivity contribution in [3.8, 4) is 17.2 Å². The Morgan fingerprint density at radius 3 is 2.94 bits per heavy atom. The van der Waals surface area contributed by atoms with Gasteiger partial charge in [-0.1, -0.05) is 22.0 Å². The van der Waals surface area contributed by atoms with Crippen LogP contribution in [0.15, 0.2) is 52.0 Å². The predicted molar refractivity (Wildman–Crippen MR) is 122 cm³/mol. The van der Waals surface area contributed by atoms with Gasteiger partial charge in [-0.3, -0.25) is 9.59 Å².